The first-order valence-electron chi connectivity index (χ1n) is 9.52. The van der Waals surface area contributed by atoms with E-state index in [-0.39, 0.29) is 33.1 Å². The Kier molecular flexibility index (Phi) is 6.60. The molecule has 31 heavy (non-hydrogen) atoms. The molecule has 9 heteroatoms. The van der Waals surface area contributed by atoms with Crippen molar-refractivity contribution >= 4 is 40.5 Å². The van der Waals surface area contributed by atoms with Gasteiger partial charge in [-0.15, -0.1) is 0 Å². The van der Waals surface area contributed by atoms with Gasteiger partial charge in [-0.2, -0.15) is 13.2 Å². The second kappa shape index (κ2) is 8.73. The standard InChI is InChI=1S/C22H21Cl2F3N2O2/c1-12(2)6-20(30)28-18-7-14(5-4-13(18)3)19-11-21(31-29-19,22(25,26)27)15-8-16(23)10-17(24)9-15/h4-5,7-12,29H,6H2,1-3H3,(H,28,30). The van der Waals surface area contributed by atoms with Gasteiger partial charge in [0.1, 0.15) is 0 Å². The van der Waals surface area contributed by atoms with Crippen molar-refractivity contribution in [2.24, 2.45) is 5.92 Å². The van der Waals surface area contributed by atoms with Crippen LogP contribution < -0.4 is 10.8 Å². The van der Waals surface area contributed by atoms with E-state index in [1.165, 1.54) is 6.07 Å². The summed E-state index contributed by atoms with van der Waals surface area (Å²) in [6, 6.07) is 8.63. The molecule has 2 N–H and O–H groups in total. The van der Waals surface area contributed by atoms with Crippen molar-refractivity contribution in [3.8, 4) is 0 Å². The van der Waals surface area contributed by atoms with E-state index in [0.717, 1.165) is 23.8 Å². The molecule has 0 aromatic heterocycles. The number of carbonyl (C=O) groups is 1. The molecule has 0 aliphatic carbocycles. The molecule has 1 heterocycles. The smallest absolute Gasteiger partial charge is 0.326 e. The number of alkyl halides is 3. The second-order valence-electron chi connectivity index (χ2n) is 7.83. The summed E-state index contributed by atoms with van der Waals surface area (Å²) in [5.41, 5.74) is 1.18. The van der Waals surface area contributed by atoms with Crippen LogP contribution in [-0.4, -0.2) is 12.1 Å². The summed E-state index contributed by atoms with van der Waals surface area (Å²) in [7, 11) is 0. The monoisotopic (exact) mass is 472 g/mol. The minimum absolute atomic E-state index is 0.0575. The average molecular weight is 473 g/mol. The number of anilines is 1. The van der Waals surface area contributed by atoms with Crippen molar-refractivity contribution < 1.29 is 22.8 Å². The molecule has 0 radical (unpaired) electrons. The van der Waals surface area contributed by atoms with Crippen molar-refractivity contribution in [2.45, 2.75) is 39.0 Å². The number of carbonyl (C=O) groups excluding carboxylic acids is 1. The highest BCUT2D eigenvalue weighted by molar-refractivity contribution is 6.34. The summed E-state index contributed by atoms with van der Waals surface area (Å²) in [4.78, 5) is 17.3. The predicted molar refractivity (Wildman–Crippen MR) is 116 cm³/mol. The van der Waals surface area contributed by atoms with Crippen LogP contribution in [0, 0.1) is 12.8 Å². The molecule has 0 saturated heterocycles. The molecule has 1 aliphatic heterocycles. The maximum absolute atomic E-state index is 14.1. The molecule has 166 valence electrons. The number of hydroxylamine groups is 1. The van der Waals surface area contributed by atoms with E-state index in [4.69, 9.17) is 28.0 Å². The molecule has 1 unspecified atom stereocenters. The highest BCUT2D eigenvalue weighted by Crippen LogP contribution is 2.48. The summed E-state index contributed by atoms with van der Waals surface area (Å²) >= 11 is 11.9. The van der Waals surface area contributed by atoms with E-state index in [2.05, 4.69) is 10.8 Å². The van der Waals surface area contributed by atoms with Gasteiger partial charge in [0.15, 0.2) is 0 Å². The van der Waals surface area contributed by atoms with Crippen LogP contribution in [0.25, 0.3) is 5.70 Å². The van der Waals surface area contributed by atoms with E-state index < -0.39 is 11.8 Å². The number of hydrogen-bond donors (Lipinski definition) is 2. The third-order valence-electron chi connectivity index (χ3n) is 4.80. The van der Waals surface area contributed by atoms with Gasteiger partial charge >= 0.3 is 6.18 Å². The van der Waals surface area contributed by atoms with Crippen molar-refractivity contribution in [3.63, 3.8) is 0 Å². The topological polar surface area (TPSA) is 50.4 Å². The molecule has 0 spiro atoms. The third kappa shape index (κ3) is 5.00. The van der Waals surface area contributed by atoms with Crippen molar-refractivity contribution in [3.05, 3.63) is 69.2 Å². The molecule has 2 aromatic carbocycles. The summed E-state index contributed by atoms with van der Waals surface area (Å²) in [6.45, 7) is 5.65. The number of amides is 1. The Morgan fingerprint density at radius 3 is 2.39 bits per heavy atom. The van der Waals surface area contributed by atoms with Crippen LogP contribution >= 0.6 is 23.2 Å². The van der Waals surface area contributed by atoms with Crippen LogP contribution in [-0.2, 0) is 15.2 Å². The number of aryl methyl sites for hydroxylation is 1. The van der Waals surface area contributed by atoms with Crippen LogP contribution in [0.3, 0.4) is 0 Å². The molecule has 2 aromatic rings. The molecular weight excluding hydrogens is 452 g/mol. The van der Waals surface area contributed by atoms with E-state index >= 15 is 0 Å². The fourth-order valence-electron chi connectivity index (χ4n) is 3.25. The fourth-order valence-corrected chi connectivity index (χ4v) is 3.78. The molecule has 0 fully saturated rings. The first-order chi connectivity index (χ1) is 14.4. The van der Waals surface area contributed by atoms with Crippen molar-refractivity contribution in [1.82, 2.24) is 5.48 Å². The van der Waals surface area contributed by atoms with Gasteiger partial charge in [0.25, 0.3) is 0 Å². The third-order valence-corrected chi connectivity index (χ3v) is 5.23. The molecule has 1 aliphatic rings. The van der Waals surface area contributed by atoms with Gasteiger partial charge in [0, 0.05) is 33.3 Å². The Balaban J connectivity index is 2.02. The summed E-state index contributed by atoms with van der Waals surface area (Å²) in [6.07, 6.45) is -3.52. The van der Waals surface area contributed by atoms with Crippen LogP contribution in [0.1, 0.15) is 37.0 Å². The predicted octanol–water partition coefficient (Wildman–Crippen LogP) is 6.62. The maximum atomic E-state index is 14.1. The molecule has 3 rings (SSSR count). The van der Waals surface area contributed by atoms with E-state index in [1.807, 2.05) is 13.8 Å². The zero-order valence-electron chi connectivity index (χ0n) is 17.0. The van der Waals surface area contributed by atoms with Crippen LogP contribution in [0.2, 0.25) is 10.0 Å². The lowest BCUT2D eigenvalue weighted by Gasteiger charge is -2.28. The minimum atomic E-state index is -4.80. The summed E-state index contributed by atoms with van der Waals surface area (Å²) < 4.78 is 42.4. The number of benzene rings is 2. The summed E-state index contributed by atoms with van der Waals surface area (Å²) in [5, 5.41) is 2.93. The number of rotatable bonds is 5. The lowest BCUT2D eigenvalue weighted by Crippen LogP contribution is -2.42. The summed E-state index contributed by atoms with van der Waals surface area (Å²) in [5.74, 6) is 0.00564. The van der Waals surface area contributed by atoms with Gasteiger partial charge in [-0.1, -0.05) is 49.2 Å². The van der Waals surface area contributed by atoms with Gasteiger partial charge < -0.3 is 5.32 Å². The lowest BCUT2D eigenvalue weighted by molar-refractivity contribution is -0.269. The number of nitrogens with one attached hydrogen (secondary N) is 2. The average Bonchev–Trinajstić information content (AvgIpc) is 3.09. The second-order valence-corrected chi connectivity index (χ2v) is 8.70. The maximum Gasteiger partial charge on any atom is 0.428 e. The van der Waals surface area contributed by atoms with Gasteiger partial charge in [0.2, 0.25) is 11.5 Å². The Labute approximate surface area is 188 Å². The van der Waals surface area contributed by atoms with Crippen LogP contribution in [0.4, 0.5) is 18.9 Å². The Hall–Kier alpha value is -2.22. The first kappa shape index (κ1) is 23.4. The molecule has 4 nitrogen and oxygen atoms in total. The Morgan fingerprint density at radius 2 is 1.81 bits per heavy atom. The quantitative estimate of drug-likeness (QED) is 0.513. The van der Waals surface area contributed by atoms with Gasteiger partial charge in [0.05, 0.1) is 5.70 Å². The molecule has 0 saturated carbocycles. The van der Waals surface area contributed by atoms with E-state index in [1.54, 1.807) is 25.1 Å². The molecular formula is C22H21Cl2F3N2O2. The van der Waals surface area contributed by atoms with E-state index in [0.29, 0.717) is 17.7 Å². The Morgan fingerprint density at radius 1 is 1.16 bits per heavy atom. The highest BCUT2D eigenvalue weighted by atomic mass is 35.5. The van der Waals surface area contributed by atoms with Crippen molar-refractivity contribution in [2.75, 3.05) is 5.32 Å². The zero-order valence-corrected chi connectivity index (χ0v) is 18.5. The normalized spacial score (nSPS) is 18.7. The van der Waals surface area contributed by atoms with Crippen LogP contribution in [0.5, 0.6) is 0 Å². The van der Waals surface area contributed by atoms with E-state index in [9.17, 15) is 18.0 Å². The van der Waals surface area contributed by atoms with Crippen molar-refractivity contribution in [1.29, 1.82) is 0 Å². The van der Waals surface area contributed by atoms with Gasteiger partial charge in [-0.05, 0) is 48.7 Å². The SMILES string of the molecule is Cc1ccc(C2=CC(c3cc(Cl)cc(Cl)c3)(C(F)(F)F)ON2)cc1NC(=O)CC(C)C. The lowest BCUT2D eigenvalue weighted by atomic mass is 9.91. The first-order valence-corrected chi connectivity index (χ1v) is 10.3. The van der Waals surface area contributed by atoms with Gasteiger partial charge in [-0.3, -0.25) is 15.1 Å². The largest absolute Gasteiger partial charge is 0.428 e. The number of halogens is 5. The van der Waals surface area contributed by atoms with Crippen LogP contribution in [0.15, 0.2) is 42.5 Å². The number of hydrogen-bond acceptors (Lipinski definition) is 3. The molecule has 1 amide bonds. The molecule has 1 atom stereocenters. The zero-order chi connectivity index (χ0) is 23.0. The molecule has 0 bridgehead atoms. The Bertz CT molecular complexity index is 1020. The fraction of sp³-hybridized carbons (Fsp3) is 0.318. The minimum Gasteiger partial charge on any atom is -0.326 e. The highest BCUT2D eigenvalue weighted by Gasteiger charge is 2.59. The van der Waals surface area contributed by atoms with Gasteiger partial charge in [-0.25, -0.2) is 0 Å².